The van der Waals surface area contributed by atoms with Crippen molar-refractivity contribution in [3.8, 4) is 0 Å². The van der Waals surface area contributed by atoms with Crippen LogP contribution in [-0.2, 0) is 26.9 Å². The van der Waals surface area contributed by atoms with Crippen LogP contribution in [0.3, 0.4) is 0 Å². The molecule has 0 aromatic heterocycles. The van der Waals surface area contributed by atoms with Gasteiger partial charge < -0.3 is 19.9 Å². The number of piperidine rings is 1. The Morgan fingerprint density at radius 2 is 1.67 bits per heavy atom. The Labute approximate surface area is 239 Å². The summed E-state index contributed by atoms with van der Waals surface area (Å²) in [6, 6.07) is 15.1. The summed E-state index contributed by atoms with van der Waals surface area (Å²) < 4.78 is 17.2. The quantitative estimate of drug-likeness (QED) is 0.448. The number of carbonyl (C=O) groups is 2. The van der Waals surface area contributed by atoms with E-state index in [1.54, 1.807) is 6.26 Å². The van der Waals surface area contributed by atoms with Crippen LogP contribution < -0.4 is 5.32 Å². The Morgan fingerprint density at radius 1 is 1.05 bits per heavy atom. The van der Waals surface area contributed by atoms with Crippen molar-refractivity contribution in [2.24, 2.45) is 5.41 Å². The highest BCUT2D eigenvalue weighted by Gasteiger charge is 2.47. The van der Waals surface area contributed by atoms with E-state index >= 15 is 0 Å². The Morgan fingerprint density at radius 3 is 2.26 bits per heavy atom. The lowest BCUT2D eigenvalue weighted by molar-refractivity contribution is -0.138. The second-order valence-electron chi connectivity index (χ2n) is 11.7. The largest absolute Gasteiger partial charge is 0.444 e. The minimum atomic E-state index is -1.00. The molecule has 2 fully saturated rings. The van der Waals surface area contributed by atoms with Crippen LogP contribution >= 0.6 is 11.6 Å². The number of halogens is 1. The molecule has 212 valence electrons. The van der Waals surface area contributed by atoms with E-state index in [1.165, 1.54) is 0 Å². The van der Waals surface area contributed by atoms with E-state index < -0.39 is 22.5 Å². The van der Waals surface area contributed by atoms with Gasteiger partial charge in [-0.2, -0.15) is 0 Å². The van der Waals surface area contributed by atoms with E-state index in [4.69, 9.17) is 16.3 Å². The van der Waals surface area contributed by atoms with E-state index in [0.717, 1.165) is 67.9 Å². The van der Waals surface area contributed by atoms with Crippen molar-refractivity contribution in [2.45, 2.75) is 69.5 Å². The molecule has 2 unspecified atom stereocenters. The highest BCUT2D eigenvalue weighted by molar-refractivity contribution is 7.84. The summed E-state index contributed by atoms with van der Waals surface area (Å²) in [5, 5.41) is 3.69. The molecule has 2 atom stereocenters. The van der Waals surface area contributed by atoms with Gasteiger partial charge >= 0.3 is 6.09 Å². The standard InChI is InChI=1S/C30H40ClN3O4S/c1-29(2,3)38-28(36)32-26(23-7-9-24(31)10-8-23)13-17-33-18-14-30(15-19-33)16-20-34(27(30)35)21-22-5-11-25(12-6-22)39(4)37/h5-12,26H,13-21H2,1-4H3,(H,32,36). The summed E-state index contributed by atoms with van der Waals surface area (Å²) >= 11 is 6.09. The third-order valence-corrected chi connectivity index (χ3v) is 8.93. The van der Waals surface area contributed by atoms with Crippen molar-refractivity contribution in [1.82, 2.24) is 15.1 Å². The third kappa shape index (κ3) is 7.83. The van der Waals surface area contributed by atoms with E-state index in [2.05, 4.69) is 10.2 Å². The first-order valence-corrected chi connectivity index (χ1v) is 15.6. The number of nitrogens with zero attached hydrogens (tertiary/aromatic N) is 2. The van der Waals surface area contributed by atoms with Crippen molar-refractivity contribution in [1.29, 1.82) is 0 Å². The molecule has 0 aliphatic carbocycles. The maximum Gasteiger partial charge on any atom is 0.408 e. The van der Waals surface area contributed by atoms with Crippen molar-refractivity contribution in [2.75, 3.05) is 32.4 Å². The molecule has 2 amide bonds. The molecule has 39 heavy (non-hydrogen) atoms. The number of ether oxygens (including phenoxy) is 1. The summed E-state index contributed by atoms with van der Waals surface area (Å²) in [5.41, 5.74) is 1.21. The second kappa shape index (κ2) is 12.4. The molecule has 2 saturated heterocycles. The summed E-state index contributed by atoms with van der Waals surface area (Å²) in [7, 11) is -1.00. The fourth-order valence-corrected chi connectivity index (χ4v) is 6.14. The number of alkyl carbamates (subject to hydrolysis) is 1. The van der Waals surface area contributed by atoms with Crippen LogP contribution in [-0.4, -0.2) is 64.0 Å². The van der Waals surface area contributed by atoms with Crippen LogP contribution in [0.2, 0.25) is 5.02 Å². The van der Waals surface area contributed by atoms with Gasteiger partial charge in [0.1, 0.15) is 5.60 Å². The lowest BCUT2D eigenvalue weighted by Crippen LogP contribution is -2.45. The van der Waals surface area contributed by atoms with E-state index in [1.807, 2.05) is 74.2 Å². The first kappa shape index (κ1) is 29.6. The van der Waals surface area contributed by atoms with Gasteiger partial charge in [0, 0.05) is 46.6 Å². The number of benzene rings is 2. The van der Waals surface area contributed by atoms with E-state index in [0.29, 0.717) is 11.6 Å². The number of likely N-dealkylation sites (tertiary alicyclic amines) is 2. The van der Waals surface area contributed by atoms with Crippen LogP contribution in [0.15, 0.2) is 53.4 Å². The molecule has 7 nitrogen and oxygen atoms in total. The van der Waals surface area contributed by atoms with Crippen LogP contribution in [0.25, 0.3) is 0 Å². The molecule has 1 N–H and O–H groups in total. The van der Waals surface area contributed by atoms with Gasteiger partial charge in [-0.05, 0) is 94.9 Å². The summed E-state index contributed by atoms with van der Waals surface area (Å²) in [6.45, 7) is 9.45. The number of nitrogens with one attached hydrogen (secondary N) is 1. The highest BCUT2D eigenvalue weighted by Crippen LogP contribution is 2.42. The smallest absolute Gasteiger partial charge is 0.408 e. The molecule has 2 aromatic carbocycles. The molecule has 0 radical (unpaired) electrons. The van der Waals surface area contributed by atoms with Crippen molar-refractivity contribution < 1.29 is 18.5 Å². The monoisotopic (exact) mass is 573 g/mol. The predicted molar refractivity (Wildman–Crippen MR) is 155 cm³/mol. The van der Waals surface area contributed by atoms with Gasteiger partial charge in [-0.1, -0.05) is 35.9 Å². The van der Waals surface area contributed by atoms with Gasteiger partial charge in [0.05, 0.1) is 11.5 Å². The Balaban J connectivity index is 1.31. The molecule has 2 aliphatic heterocycles. The van der Waals surface area contributed by atoms with Crippen LogP contribution in [0.5, 0.6) is 0 Å². The zero-order chi connectivity index (χ0) is 28.2. The fourth-order valence-electron chi connectivity index (χ4n) is 5.50. The molecular weight excluding hydrogens is 534 g/mol. The van der Waals surface area contributed by atoms with Crippen molar-refractivity contribution in [3.63, 3.8) is 0 Å². The maximum atomic E-state index is 13.5. The van der Waals surface area contributed by atoms with E-state index in [9.17, 15) is 13.8 Å². The Hall–Kier alpha value is -2.42. The molecule has 0 saturated carbocycles. The molecular formula is C30H40ClN3O4S. The normalized spacial score (nSPS) is 19.2. The van der Waals surface area contributed by atoms with Gasteiger partial charge in [-0.3, -0.25) is 9.00 Å². The van der Waals surface area contributed by atoms with Crippen LogP contribution in [0, 0.1) is 5.41 Å². The number of amides is 2. The minimum absolute atomic E-state index is 0.201. The summed E-state index contributed by atoms with van der Waals surface area (Å²) in [6.07, 6.45) is 4.55. The van der Waals surface area contributed by atoms with Crippen molar-refractivity contribution in [3.05, 3.63) is 64.7 Å². The summed E-state index contributed by atoms with van der Waals surface area (Å²) in [4.78, 5) is 31.2. The molecule has 2 aliphatic rings. The zero-order valence-corrected chi connectivity index (χ0v) is 24.9. The predicted octanol–water partition coefficient (Wildman–Crippen LogP) is 5.55. The van der Waals surface area contributed by atoms with Gasteiger partial charge in [-0.25, -0.2) is 4.79 Å². The topological polar surface area (TPSA) is 79.0 Å². The van der Waals surface area contributed by atoms with Gasteiger partial charge in [-0.15, -0.1) is 0 Å². The molecule has 4 rings (SSSR count). The highest BCUT2D eigenvalue weighted by atomic mass is 35.5. The minimum Gasteiger partial charge on any atom is -0.444 e. The zero-order valence-electron chi connectivity index (χ0n) is 23.4. The third-order valence-electron chi connectivity index (χ3n) is 7.74. The van der Waals surface area contributed by atoms with Gasteiger partial charge in [0.15, 0.2) is 0 Å². The number of rotatable bonds is 8. The first-order chi connectivity index (χ1) is 18.4. The van der Waals surface area contributed by atoms with Crippen LogP contribution in [0.1, 0.15) is 63.6 Å². The maximum absolute atomic E-state index is 13.5. The lowest BCUT2D eigenvalue weighted by Gasteiger charge is -2.38. The van der Waals surface area contributed by atoms with Crippen molar-refractivity contribution >= 4 is 34.4 Å². The van der Waals surface area contributed by atoms with Gasteiger partial charge in [0.25, 0.3) is 0 Å². The number of carbonyl (C=O) groups excluding carboxylic acids is 2. The van der Waals surface area contributed by atoms with Gasteiger partial charge in [0.2, 0.25) is 5.91 Å². The SMILES string of the molecule is CS(=O)c1ccc(CN2CCC3(CCN(CCC(NC(=O)OC(C)(C)C)c4ccc(Cl)cc4)CC3)C2=O)cc1. The molecule has 2 aromatic rings. The first-order valence-electron chi connectivity index (χ1n) is 13.6. The Bertz CT molecular complexity index is 1170. The van der Waals surface area contributed by atoms with E-state index in [-0.39, 0.29) is 17.4 Å². The average Bonchev–Trinajstić information content (AvgIpc) is 3.17. The molecule has 0 bridgehead atoms. The number of hydrogen-bond donors (Lipinski definition) is 1. The lowest BCUT2D eigenvalue weighted by atomic mass is 9.77. The second-order valence-corrected chi connectivity index (χ2v) is 13.6. The average molecular weight is 574 g/mol. The summed E-state index contributed by atoms with van der Waals surface area (Å²) in [5.74, 6) is 0.260. The molecule has 1 spiro atoms. The van der Waals surface area contributed by atoms with Crippen LogP contribution in [0.4, 0.5) is 4.79 Å². The Kier molecular flexibility index (Phi) is 9.40. The molecule has 9 heteroatoms. The number of hydrogen-bond acceptors (Lipinski definition) is 5. The fraction of sp³-hybridized carbons (Fsp3) is 0.533. The molecule has 2 heterocycles.